The molecule has 0 aliphatic rings. The minimum atomic E-state index is -4.52. The molecular weight excluding hydrogens is 295 g/mol. The number of amides is 1. The fourth-order valence-corrected chi connectivity index (χ4v) is 1.81. The summed E-state index contributed by atoms with van der Waals surface area (Å²) in [4.78, 5) is 22.3. The van der Waals surface area contributed by atoms with Crippen LogP contribution in [0.2, 0.25) is 0 Å². The third kappa shape index (κ3) is 6.46. The molecule has 0 aliphatic heterocycles. The van der Waals surface area contributed by atoms with Crippen molar-refractivity contribution < 1.29 is 27.9 Å². The van der Waals surface area contributed by atoms with Gasteiger partial charge in [-0.1, -0.05) is 30.3 Å². The molecule has 1 amide bonds. The summed E-state index contributed by atoms with van der Waals surface area (Å²) in [5, 5.41) is 11.0. The fraction of sp³-hybridized carbons (Fsp3) is 0.333. The molecule has 4 nitrogen and oxygen atoms in total. The summed E-state index contributed by atoms with van der Waals surface area (Å²) in [6.07, 6.45) is 0.0125. The lowest BCUT2D eigenvalue weighted by Gasteiger charge is -2.14. The highest BCUT2D eigenvalue weighted by molar-refractivity contribution is 8.00. The van der Waals surface area contributed by atoms with E-state index in [1.165, 1.54) is 0 Å². The Labute approximate surface area is 117 Å². The average Bonchev–Trinajstić information content (AvgIpc) is 2.36. The highest BCUT2D eigenvalue weighted by Gasteiger charge is 2.30. The van der Waals surface area contributed by atoms with Crippen molar-refractivity contribution in [3.8, 4) is 0 Å². The molecule has 2 N–H and O–H groups in total. The smallest absolute Gasteiger partial charge is 0.442 e. The van der Waals surface area contributed by atoms with Gasteiger partial charge < -0.3 is 10.4 Å². The molecule has 0 aliphatic carbocycles. The minimum absolute atomic E-state index is 0.0125. The lowest BCUT2D eigenvalue weighted by molar-refractivity contribution is -0.141. The lowest BCUT2D eigenvalue weighted by atomic mass is 10.1. The standard InChI is InChI=1S/C12H12F3NO3S/c13-12(14,15)20-7-10(17)16-9(11(18)19)6-8-4-2-1-3-5-8/h1-5,9H,6-7H2,(H,16,17)(H,18,19)/t9-/m0/s1. The van der Waals surface area contributed by atoms with Gasteiger partial charge in [-0.05, 0) is 17.3 Å². The number of carboxylic acids is 1. The van der Waals surface area contributed by atoms with E-state index in [1.54, 1.807) is 30.3 Å². The monoisotopic (exact) mass is 307 g/mol. The molecule has 1 aromatic carbocycles. The van der Waals surface area contributed by atoms with Crippen LogP contribution in [0, 0.1) is 0 Å². The van der Waals surface area contributed by atoms with E-state index in [0.29, 0.717) is 5.56 Å². The number of aliphatic carboxylic acids is 1. The van der Waals surface area contributed by atoms with Crippen LogP contribution >= 0.6 is 11.8 Å². The van der Waals surface area contributed by atoms with Crippen LogP contribution in [-0.4, -0.2) is 34.3 Å². The molecule has 0 fully saturated rings. The summed E-state index contributed by atoms with van der Waals surface area (Å²) < 4.78 is 35.8. The molecule has 110 valence electrons. The molecule has 1 rings (SSSR count). The number of carbonyl (C=O) groups excluding carboxylic acids is 1. The summed E-state index contributed by atoms with van der Waals surface area (Å²) in [5.41, 5.74) is -3.85. The van der Waals surface area contributed by atoms with Crippen LogP contribution in [0.1, 0.15) is 5.56 Å². The van der Waals surface area contributed by atoms with Crippen molar-refractivity contribution in [1.29, 1.82) is 0 Å². The van der Waals surface area contributed by atoms with Crippen LogP contribution in [0.25, 0.3) is 0 Å². The third-order valence-corrected chi connectivity index (χ3v) is 3.02. The molecule has 0 saturated carbocycles. The average molecular weight is 307 g/mol. The van der Waals surface area contributed by atoms with Crippen LogP contribution in [-0.2, 0) is 16.0 Å². The van der Waals surface area contributed by atoms with Crippen LogP contribution in [0.4, 0.5) is 13.2 Å². The first-order valence-electron chi connectivity index (χ1n) is 5.54. The topological polar surface area (TPSA) is 66.4 Å². The van der Waals surface area contributed by atoms with Crippen LogP contribution in [0.3, 0.4) is 0 Å². The SMILES string of the molecule is O=C(CSC(F)(F)F)N[C@@H](Cc1ccccc1)C(=O)O. The Bertz CT molecular complexity index is 465. The van der Waals surface area contributed by atoms with Gasteiger partial charge in [0.05, 0.1) is 5.75 Å². The lowest BCUT2D eigenvalue weighted by Crippen LogP contribution is -2.43. The summed E-state index contributed by atoms with van der Waals surface area (Å²) >= 11 is -0.503. The zero-order valence-corrected chi connectivity index (χ0v) is 11.0. The zero-order chi connectivity index (χ0) is 15.2. The molecule has 0 radical (unpaired) electrons. The Kier molecular flexibility index (Phi) is 5.87. The number of benzene rings is 1. The van der Waals surface area contributed by atoms with Crippen molar-refractivity contribution in [2.24, 2.45) is 0 Å². The Morgan fingerprint density at radius 1 is 1.25 bits per heavy atom. The number of carboxylic acid groups (broad SMARTS) is 1. The number of rotatable bonds is 6. The molecule has 0 saturated heterocycles. The van der Waals surface area contributed by atoms with Crippen molar-refractivity contribution in [3.63, 3.8) is 0 Å². The molecule has 1 atom stereocenters. The fourth-order valence-electron chi connectivity index (χ4n) is 1.43. The Balaban J connectivity index is 2.55. The summed E-state index contributed by atoms with van der Waals surface area (Å²) in [6, 6.07) is 7.25. The van der Waals surface area contributed by atoms with Gasteiger partial charge in [-0.3, -0.25) is 4.79 Å². The van der Waals surface area contributed by atoms with Gasteiger partial charge in [-0.15, -0.1) is 0 Å². The second-order valence-electron chi connectivity index (χ2n) is 3.88. The molecular formula is C12H12F3NO3S. The zero-order valence-electron chi connectivity index (χ0n) is 10.2. The number of alkyl halides is 3. The van der Waals surface area contributed by atoms with E-state index < -0.39 is 40.9 Å². The van der Waals surface area contributed by atoms with Crippen molar-refractivity contribution >= 4 is 23.6 Å². The first kappa shape index (κ1) is 16.4. The van der Waals surface area contributed by atoms with E-state index in [9.17, 15) is 22.8 Å². The van der Waals surface area contributed by atoms with Crippen LogP contribution < -0.4 is 5.32 Å². The molecule has 0 bridgehead atoms. The number of halogens is 3. The van der Waals surface area contributed by atoms with Gasteiger partial charge in [-0.25, -0.2) is 4.79 Å². The molecule has 20 heavy (non-hydrogen) atoms. The molecule has 0 unspecified atom stereocenters. The van der Waals surface area contributed by atoms with E-state index in [2.05, 4.69) is 5.32 Å². The van der Waals surface area contributed by atoms with Crippen molar-refractivity contribution in [2.45, 2.75) is 18.0 Å². The van der Waals surface area contributed by atoms with E-state index in [1.807, 2.05) is 0 Å². The van der Waals surface area contributed by atoms with Crippen molar-refractivity contribution in [3.05, 3.63) is 35.9 Å². The number of hydrogen-bond donors (Lipinski definition) is 2. The van der Waals surface area contributed by atoms with Gasteiger partial charge in [0.25, 0.3) is 0 Å². The predicted molar refractivity (Wildman–Crippen MR) is 68.2 cm³/mol. The van der Waals surface area contributed by atoms with Crippen LogP contribution in [0.5, 0.6) is 0 Å². The van der Waals surface area contributed by atoms with Gasteiger partial charge in [-0.2, -0.15) is 13.2 Å². The van der Waals surface area contributed by atoms with Crippen LogP contribution in [0.15, 0.2) is 30.3 Å². The Hall–Kier alpha value is -1.70. The second-order valence-corrected chi connectivity index (χ2v) is 4.92. The summed E-state index contributed by atoms with van der Waals surface area (Å²) in [7, 11) is 0. The molecule has 8 heteroatoms. The number of hydrogen-bond acceptors (Lipinski definition) is 3. The molecule has 0 heterocycles. The van der Waals surface area contributed by atoms with Gasteiger partial charge in [0.15, 0.2) is 0 Å². The maximum atomic E-state index is 11.9. The molecule has 0 aromatic heterocycles. The Morgan fingerprint density at radius 3 is 2.35 bits per heavy atom. The predicted octanol–water partition coefficient (Wildman–Crippen LogP) is 2.05. The van der Waals surface area contributed by atoms with Crippen molar-refractivity contribution in [2.75, 3.05) is 5.75 Å². The van der Waals surface area contributed by atoms with Gasteiger partial charge in [0, 0.05) is 6.42 Å². The minimum Gasteiger partial charge on any atom is -0.480 e. The van der Waals surface area contributed by atoms with Gasteiger partial charge in [0.2, 0.25) is 5.91 Å². The maximum absolute atomic E-state index is 11.9. The second kappa shape index (κ2) is 7.18. The number of nitrogens with one attached hydrogen (secondary N) is 1. The van der Waals surface area contributed by atoms with Gasteiger partial charge >= 0.3 is 11.5 Å². The first-order valence-corrected chi connectivity index (χ1v) is 6.53. The summed E-state index contributed by atoms with van der Waals surface area (Å²) in [6.45, 7) is 0. The normalized spacial score (nSPS) is 12.8. The highest BCUT2D eigenvalue weighted by atomic mass is 32.2. The number of carbonyl (C=O) groups is 2. The maximum Gasteiger partial charge on any atom is 0.442 e. The quantitative estimate of drug-likeness (QED) is 0.844. The largest absolute Gasteiger partial charge is 0.480 e. The van der Waals surface area contributed by atoms with Gasteiger partial charge in [0.1, 0.15) is 6.04 Å². The summed E-state index contributed by atoms with van der Waals surface area (Å²) in [5.74, 6) is -3.11. The number of thioether (sulfide) groups is 1. The van der Waals surface area contributed by atoms with E-state index in [4.69, 9.17) is 5.11 Å². The molecule has 0 spiro atoms. The third-order valence-electron chi connectivity index (χ3n) is 2.28. The first-order chi connectivity index (χ1) is 9.28. The van der Waals surface area contributed by atoms with Crippen molar-refractivity contribution in [1.82, 2.24) is 5.32 Å². The van der Waals surface area contributed by atoms with E-state index in [-0.39, 0.29) is 6.42 Å². The Morgan fingerprint density at radius 2 is 1.85 bits per heavy atom. The highest BCUT2D eigenvalue weighted by Crippen LogP contribution is 2.29. The van der Waals surface area contributed by atoms with E-state index in [0.717, 1.165) is 0 Å². The van der Waals surface area contributed by atoms with E-state index >= 15 is 0 Å². The molecule has 1 aromatic rings.